The van der Waals surface area contributed by atoms with Gasteiger partial charge in [-0.05, 0) is 6.07 Å². The van der Waals surface area contributed by atoms with Crippen LogP contribution in [0.15, 0.2) is 29.4 Å². The number of aromatic nitrogens is 4. The number of benzene rings is 1. The van der Waals surface area contributed by atoms with E-state index in [0.29, 0.717) is 36.6 Å². The Morgan fingerprint density at radius 1 is 1.21 bits per heavy atom. The van der Waals surface area contributed by atoms with E-state index in [1.165, 1.54) is 0 Å². The maximum atomic E-state index is 5.91. The minimum atomic E-state index is -0.363. The SMILES string of the molecule is NC1=NC(c2ccn[nH]2)n2c(nc3cc4c(cc32)OCCCO4)N1. The van der Waals surface area contributed by atoms with Crippen molar-refractivity contribution in [2.24, 2.45) is 10.7 Å². The third-order valence-electron chi connectivity index (χ3n) is 4.11. The number of imidazole rings is 1. The maximum Gasteiger partial charge on any atom is 0.212 e. The van der Waals surface area contributed by atoms with Crippen LogP contribution >= 0.6 is 0 Å². The number of rotatable bonds is 1. The van der Waals surface area contributed by atoms with E-state index < -0.39 is 0 Å². The fraction of sp³-hybridized carbons (Fsp3) is 0.267. The molecule has 0 amide bonds. The number of ether oxygens (including phenoxy) is 2. The number of nitrogens with two attached hydrogens (primary N) is 1. The van der Waals surface area contributed by atoms with Gasteiger partial charge in [0.05, 0.1) is 29.9 Å². The van der Waals surface area contributed by atoms with E-state index in [0.717, 1.165) is 23.1 Å². The molecule has 0 bridgehead atoms. The first kappa shape index (κ1) is 13.2. The predicted octanol–water partition coefficient (Wildman–Crippen LogP) is 1.21. The molecule has 5 rings (SSSR count). The van der Waals surface area contributed by atoms with Crippen LogP contribution in [0.2, 0.25) is 0 Å². The summed E-state index contributed by atoms with van der Waals surface area (Å²) in [7, 11) is 0. The van der Waals surface area contributed by atoms with Crippen LogP contribution in [0.25, 0.3) is 11.0 Å². The first-order valence-electron chi connectivity index (χ1n) is 7.71. The molecule has 1 atom stereocenters. The van der Waals surface area contributed by atoms with Crippen LogP contribution in [0.1, 0.15) is 18.3 Å². The summed E-state index contributed by atoms with van der Waals surface area (Å²) in [5.74, 6) is 2.36. The van der Waals surface area contributed by atoms with Gasteiger partial charge in [0.1, 0.15) is 0 Å². The van der Waals surface area contributed by atoms with Gasteiger partial charge in [0.15, 0.2) is 23.6 Å². The molecule has 0 radical (unpaired) electrons. The minimum absolute atomic E-state index is 0.312. The van der Waals surface area contributed by atoms with Crippen molar-refractivity contribution in [3.63, 3.8) is 0 Å². The molecule has 4 N–H and O–H groups in total. The van der Waals surface area contributed by atoms with E-state index >= 15 is 0 Å². The summed E-state index contributed by atoms with van der Waals surface area (Å²) in [6.45, 7) is 1.27. The Balaban J connectivity index is 1.73. The van der Waals surface area contributed by atoms with Gasteiger partial charge in [0.25, 0.3) is 0 Å². The second-order valence-corrected chi connectivity index (χ2v) is 5.67. The van der Waals surface area contributed by atoms with Crippen molar-refractivity contribution in [3.05, 3.63) is 30.1 Å². The Hall–Kier alpha value is -3.23. The standard InChI is InChI=1S/C15H15N7O2/c16-14-19-13(8-2-3-17-21-8)22-10-7-12-11(23-4-1-5-24-12)6-9(10)18-15(22)20-14/h2-3,6-7,13H,1,4-5H2,(H,17,21)(H3,16,18,19,20). The number of nitrogens with one attached hydrogen (secondary N) is 2. The highest BCUT2D eigenvalue weighted by molar-refractivity contribution is 5.95. The van der Waals surface area contributed by atoms with Gasteiger partial charge in [0.2, 0.25) is 5.95 Å². The highest BCUT2D eigenvalue weighted by Gasteiger charge is 2.27. The molecule has 0 saturated carbocycles. The molecule has 0 aliphatic carbocycles. The summed E-state index contributed by atoms with van der Waals surface area (Å²) < 4.78 is 13.5. The Labute approximate surface area is 136 Å². The summed E-state index contributed by atoms with van der Waals surface area (Å²) in [5.41, 5.74) is 8.41. The van der Waals surface area contributed by atoms with Crippen molar-refractivity contribution in [3.8, 4) is 11.5 Å². The van der Waals surface area contributed by atoms with Crippen LogP contribution in [0, 0.1) is 0 Å². The van der Waals surface area contributed by atoms with E-state index in [4.69, 9.17) is 15.2 Å². The first-order valence-corrected chi connectivity index (χ1v) is 7.71. The molecule has 9 heteroatoms. The Morgan fingerprint density at radius 2 is 2.04 bits per heavy atom. The molecular weight excluding hydrogens is 310 g/mol. The van der Waals surface area contributed by atoms with Gasteiger partial charge in [-0.25, -0.2) is 9.98 Å². The largest absolute Gasteiger partial charge is 0.489 e. The van der Waals surface area contributed by atoms with Gasteiger partial charge in [-0.3, -0.25) is 15.0 Å². The molecule has 24 heavy (non-hydrogen) atoms. The van der Waals surface area contributed by atoms with Crippen LogP contribution in [0.4, 0.5) is 5.95 Å². The zero-order chi connectivity index (χ0) is 16.1. The average molecular weight is 325 g/mol. The van der Waals surface area contributed by atoms with Gasteiger partial charge in [-0.1, -0.05) is 0 Å². The van der Waals surface area contributed by atoms with Crippen molar-refractivity contribution >= 4 is 22.9 Å². The van der Waals surface area contributed by atoms with Crippen molar-refractivity contribution in [1.82, 2.24) is 19.7 Å². The lowest BCUT2D eigenvalue weighted by Crippen LogP contribution is -2.31. The highest BCUT2D eigenvalue weighted by atomic mass is 16.5. The van der Waals surface area contributed by atoms with Crippen LogP contribution in [-0.4, -0.2) is 38.9 Å². The molecule has 2 aromatic heterocycles. The molecule has 0 saturated heterocycles. The van der Waals surface area contributed by atoms with Gasteiger partial charge in [-0.2, -0.15) is 5.10 Å². The molecule has 4 heterocycles. The Kier molecular flexibility index (Phi) is 2.69. The van der Waals surface area contributed by atoms with Gasteiger partial charge in [0, 0.05) is 24.8 Å². The van der Waals surface area contributed by atoms with E-state index in [1.807, 2.05) is 22.8 Å². The second-order valence-electron chi connectivity index (χ2n) is 5.67. The molecule has 0 spiro atoms. The third kappa shape index (κ3) is 1.91. The zero-order valence-corrected chi connectivity index (χ0v) is 12.7. The number of fused-ring (bicyclic) bond motifs is 4. The summed E-state index contributed by atoms with van der Waals surface area (Å²) in [6, 6.07) is 5.70. The van der Waals surface area contributed by atoms with Crippen LogP contribution in [0.5, 0.6) is 11.5 Å². The second kappa shape index (κ2) is 4.88. The molecule has 2 aliphatic rings. The van der Waals surface area contributed by atoms with E-state index in [-0.39, 0.29) is 6.17 Å². The quantitative estimate of drug-likeness (QED) is 0.619. The fourth-order valence-electron chi connectivity index (χ4n) is 3.04. The Bertz CT molecular complexity index is 945. The normalized spacial score (nSPS) is 19.3. The number of hydrogen-bond donors (Lipinski definition) is 3. The van der Waals surface area contributed by atoms with Crippen molar-refractivity contribution < 1.29 is 9.47 Å². The maximum absolute atomic E-state index is 5.91. The third-order valence-corrected chi connectivity index (χ3v) is 4.11. The van der Waals surface area contributed by atoms with Crippen molar-refractivity contribution in [1.29, 1.82) is 0 Å². The highest BCUT2D eigenvalue weighted by Crippen LogP contribution is 2.38. The zero-order valence-electron chi connectivity index (χ0n) is 12.7. The van der Waals surface area contributed by atoms with Gasteiger partial charge >= 0.3 is 0 Å². The lowest BCUT2D eigenvalue weighted by molar-refractivity contribution is 0.297. The van der Waals surface area contributed by atoms with E-state index in [2.05, 4.69) is 25.5 Å². The number of aliphatic imine (C=N–C) groups is 1. The van der Waals surface area contributed by atoms with Crippen LogP contribution in [-0.2, 0) is 0 Å². The summed E-state index contributed by atoms with van der Waals surface area (Å²) in [4.78, 5) is 9.11. The molecule has 9 nitrogen and oxygen atoms in total. The number of nitrogens with zero attached hydrogens (tertiary/aromatic N) is 4. The average Bonchev–Trinajstić information content (AvgIpc) is 3.15. The van der Waals surface area contributed by atoms with Crippen molar-refractivity contribution in [2.75, 3.05) is 18.5 Å². The smallest absolute Gasteiger partial charge is 0.212 e. The van der Waals surface area contributed by atoms with E-state index in [1.54, 1.807) is 6.20 Å². The van der Waals surface area contributed by atoms with Gasteiger partial charge < -0.3 is 15.2 Å². The Morgan fingerprint density at radius 3 is 2.83 bits per heavy atom. The topological polar surface area (TPSA) is 115 Å². The van der Waals surface area contributed by atoms with Crippen molar-refractivity contribution in [2.45, 2.75) is 12.6 Å². The summed E-state index contributed by atoms with van der Waals surface area (Å²) >= 11 is 0. The molecule has 3 aromatic rings. The summed E-state index contributed by atoms with van der Waals surface area (Å²) in [6.07, 6.45) is 2.18. The minimum Gasteiger partial charge on any atom is -0.489 e. The molecular formula is C15H15N7O2. The summed E-state index contributed by atoms with van der Waals surface area (Å²) in [5, 5.41) is 9.97. The lowest BCUT2D eigenvalue weighted by Gasteiger charge is -2.22. The number of anilines is 1. The first-order chi connectivity index (χ1) is 11.8. The van der Waals surface area contributed by atoms with E-state index in [9.17, 15) is 0 Å². The molecule has 2 aliphatic heterocycles. The number of H-pyrrole nitrogens is 1. The predicted molar refractivity (Wildman–Crippen MR) is 87.3 cm³/mol. The number of hydrogen-bond acceptors (Lipinski definition) is 7. The number of aromatic amines is 1. The van der Waals surface area contributed by atoms with Crippen LogP contribution in [0.3, 0.4) is 0 Å². The fourth-order valence-corrected chi connectivity index (χ4v) is 3.04. The molecule has 122 valence electrons. The monoisotopic (exact) mass is 325 g/mol. The van der Waals surface area contributed by atoms with Gasteiger partial charge in [-0.15, -0.1) is 0 Å². The molecule has 0 fully saturated rings. The molecule has 1 aromatic carbocycles. The number of guanidine groups is 1. The molecule has 1 unspecified atom stereocenters. The van der Waals surface area contributed by atoms with Crippen LogP contribution < -0.4 is 20.5 Å². The lowest BCUT2D eigenvalue weighted by atomic mass is 10.2.